The van der Waals surface area contributed by atoms with Crippen molar-refractivity contribution in [3.05, 3.63) is 34.1 Å². The van der Waals surface area contributed by atoms with Crippen LogP contribution in [0, 0.1) is 5.82 Å². The first-order valence-corrected chi connectivity index (χ1v) is 8.19. The van der Waals surface area contributed by atoms with Gasteiger partial charge in [0.15, 0.2) is 0 Å². The molecule has 5 heteroatoms. The van der Waals surface area contributed by atoms with Crippen LogP contribution in [0.25, 0.3) is 0 Å². The van der Waals surface area contributed by atoms with Crippen LogP contribution in [0.1, 0.15) is 36.0 Å². The number of hydrogen-bond donors (Lipinski definition) is 0. The maximum absolute atomic E-state index is 14.1. The average Bonchev–Trinajstić information content (AvgIpc) is 2.92. The molecule has 3 nitrogen and oxygen atoms in total. The molecule has 116 valence electrons. The second-order valence-corrected chi connectivity index (χ2v) is 6.69. The molecule has 2 rings (SSSR count). The number of rotatable bonds is 5. The van der Waals surface area contributed by atoms with Gasteiger partial charge in [-0.15, -0.1) is 0 Å². The Morgan fingerprint density at radius 3 is 2.52 bits per heavy atom. The number of benzene rings is 1. The maximum atomic E-state index is 14.1. The van der Waals surface area contributed by atoms with E-state index in [9.17, 15) is 9.18 Å². The van der Waals surface area contributed by atoms with E-state index in [0.717, 1.165) is 32.2 Å². The molecule has 1 aromatic carbocycles. The van der Waals surface area contributed by atoms with Crippen molar-refractivity contribution in [3.63, 3.8) is 0 Å². The quantitative estimate of drug-likeness (QED) is 0.805. The second kappa shape index (κ2) is 7.36. The molecular weight excluding hydrogens is 335 g/mol. The highest BCUT2D eigenvalue weighted by atomic mass is 79.9. The third-order valence-electron chi connectivity index (χ3n) is 3.99. The maximum Gasteiger partial charge on any atom is 0.258 e. The van der Waals surface area contributed by atoms with Gasteiger partial charge in [0.05, 0.1) is 5.56 Å². The van der Waals surface area contributed by atoms with E-state index in [2.05, 4.69) is 15.9 Å². The van der Waals surface area contributed by atoms with Crippen molar-refractivity contribution in [1.82, 2.24) is 9.80 Å². The van der Waals surface area contributed by atoms with Crippen LogP contribution in [0.5, 0.6) is 0 Å². The number of carbonyl (C=O) groups is 1. The van der Waals surface area contributed by atoms with Crippen molar-refractivity contribution in [3.8, 4) is 0 Å². The summed E-state index contributed by atoms with van der Waals surface area (Å²) in [4.78, 5) is 16.7. The van der Waals surface area contributed by atoms with Crippen molar-refractivity contribution in [2.45, 2.75) is 31.7 Å². The number of amides is 1. The molecule has 0 radical (unpaired) electrons. The highest BCUT2D eigenvalue weighted by Crippen LogP contribution is 2.28. The predicted molar refractivity (Wildman–Crippen MR) is 85.9 cm³/mol. The van der Waals surface area contributed by atoms with E-state index in [1.54, 1.807) is 12.1 Å². The number of nitrogens with zero attached hydrogens (tertiary/aromatic N) is 2. The Kier molecular flexibility index (Phi) is 5.76. The molecule has 0 aliphatic heterocycles. The smallest absolute Gasteiger partial charge is 0.258 e. The first-order chi connectivity index (χ1) is 10.0. The molecule has 1 aliphatic rings. The largest absolute Gasteiger partial charge is 0.334 e. The van der Waals surface area contributed by atoms with Crippen LogP contribution in [0.2, 0.25) is 0 Å². The van der Waals surface area contributed by atoms with E-state index in [4.69, 9.17) is 0 Å². The summed E-state index contributed by atoms with van der Waals surface area (Å²) in [5, 5.41) is 0. The second-order valence-electron chi connectivity index (χ2n) is 5.84. The summed E-state index contributed by atoms with van der Waals surface area (Å²) in [7, 11) is 3.96. The lowest BCUT2D eigenvalue weighted by Crippen LogP contribution is -2.43. The van der Waals surface area contributed by atoms with Gasteiger partial charge in [-0.2, -0.15) is 0 Å². The Labute approximate surface area is 134 Å². The fourth-order valence-corrected chi connectivity index (χ4v) is 3.33. The first-order valence-electron chi connectivity index (χ1n) is 7.40. The zero-order valence-corrected chi connectivity index (χ0v) is 14.2. The lowest BCUT2D eigenvalue weighted by atomic mass is 10.1. The molecular formula is C16H22BrFN2O. The Balaban J connectivity index is 2.24. The highest BCUT2D eigenvalue weighted by Gasteiger charge is 2.29. The van der Waals surface area contributed by atoms with Crippen LogP contribution >= 0.6 is 15.9 Å². The summed E-state index contributed by atoms with van der Waals surface area (Å²) >= 11 is 3.31. The summed E-state index contributed by atoms with van der Waals surface area (Å²) in [5.74, 6) is -0.657. The number of carbonyl (C=O) groups excluding carboxylic acids is 1. The van der Waals surface area contributed by atoms with E-state index in [-0.39, 0.29) is 17.5 Å². The minimum Gasteiger partial charge on any atom is -0.334 e. The summed E-state index contributed by atoms with van der Waals surface area (Å²) in [6.45, 7) is 1.42. The number of hydrogen-bond acceptors (Lipinski definition) is 2. The Morgan fingerprint density at radius 1 is 1.29 bits per heavy atom. The zero-order valence-electron chi connectivity index (χ0n) is 12.6. The third-order valence-corrected chi connectivity index (χ3v) is 4.65. The normalized spacial score (nSPS) is 15.7. The zero-order chi connectivity index (χ0) is 15.4. The van der Waals surface area contributed by atoms with Crippen molar-refractivity contribution in [1.29, 1.82) is 0 Å². The van der Waals surface area contributed by atoms with Gasteiger partial charge in [-0.25, -0.2) is 4.39 Å². The summed E-state index contributed by atoms with van der Waals surface area (Å²) < 4.78 is 14.6. The molecule has 0 bridgehead atoms. The molecule has 0 unspecified atom stereocenters. The van der Waals surface area contributed by atoms with Gasteiger partial charge < -0.3 is 9.80 Å². The van der Waals surface area contributed by atoms with Gasteiger partial charge in [0.1, 0.15) is 5.82 Å². The van der Waals surface area contributed by atoms with Crippen molar-refractivity contribution in [2.24, 2.45) is 0 Å². The standard InChI is InChI=1S/C16H22BrFN2O/c1-19(2)10-11-20(12-6-3-4-7-12)16(21)15-13(17)8-5-9-14(15)18/h5,8-9,12H,3-4,6-7,10-11H2,1-2H3. The SMILES string of the molecule is CN(C)CCN(C(=O)c1c(F)cccc1Br)C1CCCC1. The molecule has 0 spiro atoms. The average molecular weight is 357 g/mol. The fraction of sp³-hybridized carbons (Fsp3) is 0.562. The predicted octanol–water partition coefficient (Wildman–Crippen LogP) is 3.53. The summed E-state index contributed by atoms with van der Waals surface area (Å²) in [5.41, 5.74) is 0.156. The van der Waals surface area contributed by atoms with Gasteiger partial charge in [-0.05, 0) is 55.0 Å². The van der Waals surface area contributed by atoms with Crippen molar-refractivity contribution < 1.29 is 9.18 Å². The van der Waals surface area contributed by atoms with E-state index in [1.807, 2.05) is 23.9 Å². The van der Waals surface area contributed by atoms with E-state index >= 15 is 0 Å². The Morgan fingerprint density at radius 2 is 1.95 bits per heavy atom. The molecule has 1 amide bonds. The van der Waals surface area contributed by atoms with E-state index < -0.39 is 5.82 Å². The van der Waals surface area contributed by atoms with Crippen molar-refractivity contribution >= 4 is 21.8 Å². The summed E-state index contributed by atoms with van der Waals surface area (Å²) in [6, 6.07) is 4.91. The molecule has 1 aliphatic carbocycles. The lowest BCUT2D eigenvalue weighted by molar-refractivity contribution is 0.0662. The molecule has 1 fully saturated rings. The first kappa shape index (κ1) is 16.4. The third kappa shape index (κ3) is 4.04. The van der Waals surface area contributed by atoms with Gasteiger partial charge in [-0.1, -0.05) is 18.9 Å². The van der Waals surface area contributed by atoms with Gasteiger partial charge >= 0.3 is 0 Å². The van der Waals surface area contributed by atoms with Crippen LogP contribution < -0.4 is 0 Å². The molecule has 0 saturated heterocycles. The van der Waals surface area contributed by atoms with Gasteiger partial charge in [0.25, 0.3) is 5.91 Å². The van der Waals surface area contributed by atoms with Crippen molar-refractivity contribution in [2.75, 3.05) is 27.2 Å². The van der Waals surface area contributed by atoms with Crippen LogP contribution in [0.4, 0.5) is 4.39 Å². The topological polar surface area (TPSA) is 23.6 Å². The van der Waals surface area contributed by atoms with Gasteiger partial charge in [0, 0.05) is 23.6 Å². The molecule has 0 aromatic heterocycles. The fourth-order valence-electron chi connectivity index (χ4n) is 2.82. The van der Waals surface area contributed by atoms with Crippen LogP contribution in [0.3, 0.4) is 0 Å². The van der Waals surface area contributed by atoms with Gasteiger partial charge in [-0.3, -0.25) is 4.79 Å². The van der Waals surface area contributed by atoms with Crippen LogP contribution in [0.15, 0.2) is 22.7 Å². The lowest BCUT2D eigenvalue weighted by Gasteiger charge is -2.30. The molecule has 0 N–H and O–H groups in total. The Hall–Kier alpha value is -0.940. The minimum atomic E-state index is -0.456. The highest BCUT2D eigenvalue weighted by molar-refractivity contribution is 9.10. The number of halogens is 2. The molecule has 0 atom stereocenters. The monoisotopic (exact) mass is 356 g/mol. The molecule has 1 aromatic rings. The van der Waals surface area contributed by atoms with Crippen LogP contribution in [-0.4, -0.2) is 48.9 Å². The molecule has 1 saturated carbocycles. The van der Waals surface area contributed by atoms with Gasteiger partial charge in [0.2, 0.25) is 0 Å². The number of likely N-dealkylation sites (N-methyl/N-ethyl adjacent to an activating group) is 1. The van der Waals surface area contributed by atoms with E-state index in [1.165, 1.54) is 6.07 Å². The van der Waals surface area contributed by atoms with Crippen LogP contribution in [-0.2, 0) is 0 Å². The summed E-state index contributed by atoms with van der Waals surface area (Å²) in [6.07, 6.45) is 4.33. The molecule has 0 heterocycles. The Bertz CT molecular complexity index is 481. The molecule has 21 heavy (non-hydrogen) atoms. The minimum absolute atomic E-state index is 0.156. The van der Waals surface area contributed by atoms with E-state index in [0.29, 0.717) is 11.0 Å².